The quantitative estimate of drug-likeness (QED) is 0.870. The number of rotatable bonds is 5. The van der Waals surface area contributed by atoms with Gasteiger partial charge in [0.2, 0.25) is 11.4 Å². The highest BCUT2D eigenvalue weighted by molar-refractivity contribution is 5.96. The normalized spacial score (nSPS) is 10.2. The summed E-state index contributed by atoms with van der Waals surface area (Å²) in [5.74, 6) is 0.0635. The molecular formula is C15H17N3O3. The van der Waals surface area contributed by atoms with Crippen molar-refractivity contribution < 1.29 is 9.53 Å². The van der Waals surface area contributed by atoms with Crippen LogP contribution in [0.2, 0.25) is 0 Å². The summed E-state index contributed by atoms with van der Waals surface area (Å²) in [5.41, 5.74) is 1.81. The molecule has 6 heteroatoms. The minimum absolute atomic E-state index is 0.175. The van der Waals surface area contributed by atoms with Crippen molar-refractivity contribution in [2.45, 2.75) is 20.4 Å². The number of nitrogens with one attached hydrogen (secondary N) is 2. The van der Waals surface area contributed by atoms with Gasteiger partial charge in [-0.2, -0.15) is 0 Å². The number of aryl methyl sites for hydroxylation is 1. The van der Waals surface area contributed by atoms with Gasteiger partial charge in [0.05, 0.1) is 6.61 Å². The lowest BCUT2D eigenvalue weighted by molar-refractivity contribution is 0.0946. The van der Waals surface area contributed by atoms with E-state index in [0.717, 1.165) is 11.3 Å². The molecule has 0 atom stereocenters. The van der Waals surface area contributed by atoms with Crippen molar-refractivity contribution in [2.24, 2.45) is 0 Å². The Morgan fingerprint density at radius 2 is 2.14 bits per heavy atom. The van der Waals surface area contributed by atoms with Gasteiger partial charge in [-0.15, -0.1) is 0 Å². The van der Waals surface area contributed by atoms with Crippen molar-refractivity contribution in [3.05, 3.63) is 57.6 Å². The van der Waals surface area contributed by atoms with Gasteiger partial charge in [0.1, 0.15) is 5.56 Å². The van der Waals surface area contributed by atoms with Crippen LogP contribution in [-0.4, -0.2) is 22.5 Å². The van der Waals surface area contributed by atoms with Gasteiger partial charge < -0.3 is 15.0 Å². The summed E-state index contributed by atoms with van der Waals surface area (Å²) in [4.78, 5) is 29.9. The average molecular weight is 287 g/mol. The van der Waals surface area contributed by atoms with Crippen LogP contribution in [0.4, 0.5) is 0 Å². The number of H-pyrrole nitrogens is 1. The summed E-state index contributed by atoms with van der Waals surface area (Å²) >= 11 is 0. The Hall–Kier alpha value is -2.63. The van der Waals surface area contributed by atoms with Crippen molar-refractivity contribution in [3.63, 3.8) is 0 Å². The zero-order valence-corrected chi connectivity index (χ0v) is 12.0. The Labute approximate surface area is 122 Å². The molecular weight excluding hydrogens is 270 g/mol. The number of carbonyl (C=O) groups excluding carboxylic acids is 1. The Morgan fingerprint density at radius 1 is 1.33 bits per heavy atom. The van der Waals surface area contributed by atoms with Gasteiger partial charge in [0, 0.05) is 24.5 Å². The minimum Gasteiger partial charge on any atom is -0.477 e. The SMILES string of the molecule is CCOc1nc(C)ccc1C(=O)NCc1ccc(=O)[nH]c1. The number of aromatic amines is 1. The van der Waals surface area contributed by atoms with E-state index < -0.39 is 0 Å². The molecule has 0 saturated heterocycles. The molecule has 0 spiro atoms. The number of aromatic nitrogens is 2. The summed E-state index contributed by atoms with van der Waals surface area (Å²) in [6, 6.07) is 6.53. The molecule has 0 aromatic carbocycles. The van der Waals surface area contributed by atoms with Crippen LogP contribution in [0.1, 0.15) is 28.5 Å². The fraction of sp³-hybridized carbons (Fsp3) is 0.267. The highest BCUT2D eigenvalue weighted by Crippen LogP contribution is 2.16. The molecule has 0 unspecified atom stereocenters. The largest absolute Gasteiger partial charge is 0.477 e. The van der Waals surface area contributed by atoms with Gasteiger partial charge in [-0.05, 0) is 31.5 Å². The molecule has 2 heterocycles. The molecule has 2 N–H and O–H groups in total. The highest BCUT2D eigenvalue weighted by Gasteiger charge is 2.13. The highest BCUT2D eigenvalue weighted by atomic mass is 16.5. The molecule has 2 aromatic rings. The second kappa shape index (κ2) is 6.69. The maximum Gasteiger partial charge on any atom is 0.257 e. The van der Waals surface area contributed by atoms with Gasteiger partial charge in [-0.3, -0.25) is 9.59 Å². The zero-order chi connectivity index (χ0) is 15.2. The van der Waals surface area contributed by atoms with Gasteiger partial charge in [0.25, 0.3) is 5.91 Å². The first-order valence-electron chi connectivity index (χ1n) is 6.66. The fourth-order valence-electron chi connectivity index (χ4n) is 1.78. The molecule has 0 aliphatic heterocycles. The van der Waals surface area contributed by atoms with Crippen molar-refractivity contribution >= 4 is 5.91 Å². The lowest BCUT2D eigenvalue weighted by Gasteiger charge is -2.10. The van der Waals surface area contributed by atoms with E-state index in [1.54, 1.807) is 24.4 Å². The average Bonchev–Trinajstić information content (AvgIpc) is 2.47. The predicted octanol–water partition coefficient (Wildman–Crippen LogP) is 1.41. The summed E-state index contributed by atoms with van der Waals surface area (Å²) in [6.07, 6.45) is 1.57. The number of hydrogen-bond acceptors (Lipinski definition) is 4. The van der Waals surface area contributed by atoms with E-state index in [9.17, 15) is 9.59 Å². The topological polar surface area (TPSA) is 84.1 Å². The molecule has 0 bridgehead atoms. The van der Waals surface area contributed by atoms with E-state index in [4.69, 9.17) is 4.74 Å². The van der Waals surface area contributed by atoms with Gasteiger partial charge in [-0.25, -0.2) is 4.98 Å². The van der Waals surface area contributed by atoms with Gasteiger partial charge >= 0.3 is 0 Å². The Bertz CT molecular complexity index is 674. The monoisotopic (exact) mass is 287 g/mol. The third kappa shape index (κ3) is 3.92. The molecule has 0 radical (unpaired) electrons. The van der Waals surface area contributed by atoms with E-state index in [0.29, 0.717) is 24.6 Å². The van der Waals surface area contributed by atoms with Crippen LogP contribution in [0, 0.1) is 6.92 Å². The zero-order valence-electron chi connectivity index (χ0n) is 12.0. The van der Waals surface area contributed by atoms with Crippen molar-refractivity contribution in [3.8, 4) is 5.88 Å². The number of ether oxygens (including phenoxy) is 1. The lowest BCUT2D eigenvalue weighted by atomic mass is 10.2. The molecule has 2 aromatic heterocycles. The van der Waals surface area contributed by atoms with Crippen molar-refractivity contribution in [1.82, 2.24) is 15.3 Å². The van der Waals surface area contributed by atoms with Crippen LogP contribution in [0.3, 0.4) is 0 Å². The van der Waals surface area contributed by atoms with Gasteiger partial charge in [-0.1, -0.05) is 6.07 Å². The second-order valence-electron chi connectivity index (χ2n) is 4.48. The van der Waals surface area contributed by atoms with Crippen LogP contribution in [0.15, 0.2) is 35.3 Å². The third-order valence-electron chi connectivity index (χ3n) is 2.83. The summed E-state index contributed by atoms with van der Waals surface area (Å²) in [6.45, 7) is 4.43. The minimum atomic E-state index is -0.267. The maximum atomic E-state index is 12.2. The van der Waals surface area contributed by atoms with E-state index in [2.05, 4.69) is 15.3 Å². The van der Waals surface area contributed by atoms with Crippen LogP contribution in [0.5, 0.6) is 5.88 Å². The molecule has 0 aliphatic carbocycles. The van der Waals surface area contributed by atoms with Crippen LogP contribution >= 0.6 is 0 Å². The van der Waals surface area contributed by atoms with Crippen LogP contribution in [0.25, 0.3) is 0 Å². The summed E-state index contributed by atoms with van der Waals surface area (Å²) in [5, 5.41) is 2.77. The number of pyridine rings is 2. The van der Waals surface area contributed by atoms with Crippen LogP contribution in [-0.2, 0) is 6.54 Å². The second-order valence-corrected chi connectivity index (χ2v) is 4.48. The number of carbonyl (C=O) groups is 1. The Kier molecular flexibility index (Phi) is 4.71. The van der Waals surface area contributed by atoms with E-state index in [1.165, 1.54) is 6.07 Å². The molecule has 110 valence electrons. The molecule has 1 amide bonds. The molecule has 6 nitrogen and oxygen atoms in total. The third-order valence-corrected chi connectivity index (χ3v) is 2.83. The van der Waals surface area contributed by atoms with Crippen LogP contribution < -0.4 is 15.6 Å². The maximum absolute atomic E-state index is 12.2. The van der Waals surface area contributed by atoms with E-state index in [1.807, 2.05) is 13.8 Å². The van der Waals surface area contributed by atoms with Gasteiger partial charge in [0.15, 0.2) is 0 Å². The first kappa shape index (κ1) is 14.8. The van der Waals surface area contributed by atoms with Crippen molar-refractivity contribution in [2.75, 3.05) is 6.61 Å². The summed E-state index contributed by atoms with van der Waals surface area (Å²) < 4.78 is 5.39. The Balaban J connectivity index is 2.09. The number of amides is 1. The molecule has 0 fully saturated rings. The first-order valence-corrected chi connectivity index (χ1v) is 6.66. The lowest BCUT2D eigenvalue weighted by Crippen LogP contribution is -2.24. The smallest absolute Gasteiger partial charge is 0.257 e. The predicted molar refractivity (Wildman–Crippen MR) is 78.4 cm³/mol. The molecule has 21 heavy (non-hydrogen) atoms. The molecule has 0 saturated carbocycles. The van der Waals surface area contributed by atoms with Crippen molar-refractivity contribution in [1.29, 1.82) is 0 Å². The number of nitrogens with zero attached hydrogens (tertiary/aromatic N) is 1. The Morgan fingerprint density at radius 3 is 2.81 bits per heavy atom. The number of hydrogen-bond donors (Lipinski definition) is 2. The summed E-state index contributed by atoms with van der Waals surface area (Å²) in [7, 11) is 0. The van der Waals surface area contributed by atoms with E-state index >= 15 is 0 Å². The molecule has 0 aliphatic rings. The first-order chi connectivity index (χ1) is 10.1. The fourth-order valence-corrected chi connectivity index (χ4v) is 1.78. The standard InChI is InChI=1S/C15H17N3O3/c1-3-21-15-12(6-4-10(2)18-15)14(20)17-9-11-5-7-13(19)16-8-11/h4-8H,3,9H2,1-2H3,(H,16,19)(H,17,20). The van der Waals surface area contributed by atoms with E-state index in [-0.39, 0.29) is 11.5 Å². The molecule has 2 rings (SSSR count).